The lowest BCUT2D eigenvalue weighted by Gasteiger charge is -2.39. The van der Waals surface area contributed by atoms with E-state index in [1.165, 1.54) is 37.3 Å². The molecule has 19 heavy (non-hydrogen) atoms. The van der Waals surface area contributed by atoms with Gasteiger partial charge in [-0.05, 0) is 37.6 Å². The van der Waals surface area contributed by atoms with Gasteiger partial charge in [-0.25, -0.2) is 0 Å². The number of piperazine rings is 1. The number of benzene rings is 1. The van der Waals surface area contributed by atoms with Crippen LogP contribution in [0.1, 0.15) is 25.0 Å². The Bertz CT molecular complexity index is 374. The summed E-state index contributed by atoms with van der Waals surface area (Å²) >= 11 is 0. The van der Waals surface area contributed by atoms with Crippen molar-refractivity contribution in [3.8, 4) is 0 Å². The molecule has 0 aliphatic carbocycles. The molecule has 1 aromatic carbocycles. The van der Waals surface area contributed by atoms with Gasteiger partial charge >= 0.3 is 0 Å². The Morgan fingerprint density at radius 1 is 1.16 bits per heavy atom. The highest BCUT2D eigenvalue weighted by atomic mass is 15.3. The van der Waals surface area contributed by atoms with E-state index in [4.69, 9.17) is 5.73 Å². The normalized spacial score (nSPS) is 21.7. The summed E-state index contributed by atoms with van der Waals surface area (Å²) in [4.78, 5) is 5.12. The smallest absolute Gasteiger partial charge is 0.0234 e. The lowest BCUT2D eigenvalue weighted by Crippen LogP contribution is -2.51. The van der Waals surface area contributed by atoms with Crippen LogP contribution in [-0.2, 0) is 13.0 Å². The quantitative estimate of drug-likeness (QED) is 0.876. The van der Waals surface area contributed by atoms with Crippen LogP contribution in [0.5, 0.6) is 0 Å². The molecule has 1 aromatic rings. The first-order chi connectivity index (χ1) is 9.22. The Kier molecular flexibility index (Phi) is 5.37. The number of hydrogen-bond donors (Lipinski definition) is 1. The van der Waals surface area contributed by atoms with Crippen molar-refractivity contribution in [2.75, 3.05) is 32.7 Å². The first kappa shape index (κ1) is 14.5. The molecular weight excluding hydrogens is 234 g/mol. The van der Waals surface area contributed by atoms with Crippen molar-refractivity contribution in [2.45, 2.75) is 32.9 Å². The van der Waals surface area contributed by atoms with E-state index in [1.54, 1.807) is 0 Å². The van der Waals surface area contributed by atoms with Crippen molar-refractivity contribution in [3.05, 3.63) is 35.4 Å². The number of rotatable bonds is 5. The average molecular weight is 261 g/mol. The number of nitrogens with two attached hydrogens (primary N) is 1. The van der Waals surface area contributed by atoms with Crippen LogP contribution in [0.4, 0.5) is 0 Å². The van der Waals surface area contributed by atoms with Crippen LogP contribution in [0.25, 0.3) is 0 Å². The topological polar surface area (TPSA) is 32.5 Å². The molecule has 1 saturated heterocycles. The van der Waals surface area contributed by atoms with Crippen LogP contribution in [0.3, 0.4) is 0 Å². The van der Waals surface area contributed by atoms with Gasteiger partial charge in [0.05, 0.1) is 0 Å². The Balaban J connectivity index is 1.87. The van der Waals surface area contributed by atoms with Gasteiger partial charge in [-0.1, -0.05) is 31.2 Å². The van der Waals surface area contributed by atoms with Crippen LogP contribution >= 0.6 is 0 Å². The summed E-state index contributed by atoms with van der Waals surface area (Å²) in [6.45, 7) is 11.1. The van der Waals surface area contributed by atoms with E-state index in [0.29, 0.717) is 6.04 Å². The predicted molar refractivity (Wildman–Crippen MR) is 81.2 cm³/mol. The molecule has 1 fully saturated rings. The average Bonchev–Trinajstić information content (AvgIpc) is 2.42. The standard InChI is InChI=1S/C16H27N3/c1-3-19-11-10-18(12-14(19)2)13-16-6-4-15(5-7-16)8-9-17/h4-7,14H,3,8-13,17H2,1-2H3. The number of likely N-dealkylation sites (N-methyl/N-ethyl adjacent to an activating group) is 1. The van der Waals surface area contributed by atoms with Crippen molar-refractivity contribution in [1.82, 2.24) is 9.80 Å². The second-order valence-corrected chi connectivity index (χ2v) is 5.57. The fraction of sp³-hybridized carbons (Fsp3) is 0.625. The summed E-state index contributed by atoms with van der Waals surface area (Å²) in [5.41, 5.74) is 8.33. The van der Waals surface area contributed by atoms with E-state index in [0.717, 1.165) is 19.5 Å². The molecule has 1 atom stereocenters. The maximum Gasteiger partial charge on any atom is 0.0234 e. The molecule has 1 heterocycles. The van der Waals surface area contributed by atoms with E-state index in [9.17, 15) is 0 Å². The summed E-state index contributed by atoms with van der Waals surface area (Å²) in [5.74, 6) is 0. The Hall–Kier alpha value is -0.900. The molecule has 1 unspecified atom stereocenters. The minimum atomic E-state index is 0.676. The largest absolute Gasteiger partial charge is 0.330 e. The third kappa shape index (κ3) is 4.03. The summed E-state index contributed by atoms with van der Waals surface area (Å²) in [7, 11) is 0. The predicted octanol–water partition coefficient (Wildman–Crippen LogP) is 1.71. The van der Waals surface area contributed by atoms with Gasteiger partial charge in [0.1, 0.15) is 0 Å². The summed E-state index contributed by atoms with van der Waals surface area (Å²) in [6, 6.07) is 9.61. The zero-order valence-corrected chi connectivity index (χ0v) is 12.3. The molecular formula is C16H27N3. The van der Waals surface area contributed by atoms with Crippen LogP contribution in [0, 0.1) is 0 Å². The Labute approximate surface area is 117 Å². The van der Waals surface area contributed by atoms with Gasteiger partial charge in [0.25, 0.3) is 0 Å². The van der Waals surface area contributed by atoms with Gasteiger partial charge in [-0.3, -0.25) is 9.80 Å². The van der Waals surface area contributed by atoms with Crippen LogP contribution in [-0.4, -0.2) is 48.6 Å². The fourth-order valence-corrected chi connectivity index (χ4v) is 2.92. The molecule has 0 radical (unpaired) electrons. The maximum atomic E-state index is 5.58. The lowest BCUT2D eigenvalue weighted by atomic mass is 10.1. The zero-order chi connectivity index (χ0) is 13.7. The summed E-state index contributed by atoms with van der Waals surface area (Å²) < 4.78 is 0. The van der Waals surface area contributed by atoms with E-state index in [1.807, 2.05) is 0 Å². The van der Waals surface area contributed by atoms with Crippen LogP contribution < -0.4 is 5.73 Å². The molecule has 0 spiro atoms. The Morgan fingerprint density at radius 3 is 2.42 bits per heavy atom. The summed E-state index contributed by atoms with van der Waals surface area (Å²) in [5, 5.41) is 0. The maximum absolute atomic E-state index is 5.58. The minimum absolute atomic E-state index is 0.676. The molecule has 0 bridgehead atoms. The molecule has 0 saturated carbocycles. The zero-order valence-electron chi connectivity index (χ0n) is 12.3. The van der Waals surface area contributed by atoms with Crippen LogP contribution in [0.15, 0.2) is 24.3 Å². The first-order valence-corrected chi connectivity index (χ1v) is 7.47. The molecule has 3 nitrogen and oxygen atoms in total. The minimum Gasteiger partial charge on any atom is -0.330 e. The monoisotopic (exact) mass is 261 g/mol. The fourth-order valence-electron chi connectivity index (χ4n) is 2.92. The van der Waals surface area contributed by atoms with Gasteiger partial charge < -0.3 is 5.73 Å². The molecule has 0 amide bonds. The van der Waals surface area contributed by atoms with E-state index in [-0.39, 0.29) is 0 Å². The van der Waals surface area contributed by atoms with Crippen molar-refractivity contribution in [2.24, 2.45) is 5.73 Å². The SMILES string of the molecule is CCN1CCN(Cc2ccc(CCN)cc2)CC1C. The molecule has 0 aromatic heterocycles. The number of hydrogen-bond acceptors (Lipinski definition) is 3. The highest BCUT2D eigenvalue weighted by Gasteiger charge is 2.21. The lowest BCUT2D eigenvalue weighted by molar-refractivity contribution is 0.0834. The van der Waals surface area contributed by atoms with Crippen molar-refractivity contribution < 1.29 is 0 Å². The van der Waals surface area contributed by atoms with Gasteiger partial charge in [-0.2, -0.15) is 0 Å². The third-order valence-electron chi connectivity index (χ3n) is 4.12. The summed E-state index contributed by atoms with van der Waals surface area (Å²) in [6.07, 6.45) is 0.979. The molecule has 3 heteroatoms. The van der Waals surface area contributed by atoms with Crippen molar-refractivity contribution in [1.29, 1.82) is 0 Å². The molecule has 2 rings (SSSR count). The van der Waals surface area contributed by atoms with Crippen molar-refractivity contribution >= 4 is 0 Å². The van der Waals surface area contributed by atoms with Gasteiger partial charge in [0.15, 0.2) is 0 Å². The first-order valence-electron chi connectivity index (χ1n) is 7.47. The van der Waals surface area contributed by atoms with Gasteiger partial charge in [0.2, 0.25) is 0 Å². The van der Waals surface area contributed by atoms with E-state index in [2.05, 4.69) is 47.9 Å². The molecule has 1 aliphatic rings. The van der Waals surface area contributed by atoms with Crippen molar-refractivity contribution in [3.63, 3.8) is 0 Å². The highest BCUT2D eigenvalue weighted by Crippen LogP contribution is 2.13. The molecule has 2 N–H and O–H groups in total. The second kappa shape index (κ2) is 7.04. The van der Waals surface area contributed by atoms with E-state index >= 15 is 0 Å². The number of nitrogens with zero attached hydrogens (tertiary/aromatic N) is 2. The Morgan fingerprint density at radius 2 is 1.84 bits per heavy atom. The third-order valence-corrected chi connectivity index (χ3v) is 4.12. The second-order valence-electron chi connectivity index (χ2n) is 5.57. The molecule has 1 aliphatic heterocycles. The molecule has 106 valence electrons. The highest BCUT2D eigenvalue weighted by molar-refractivity contribution is 5.22. The van der Waals surface area contributed by atoms with Crippen LogP contribution in [0.2, 0.25) is 0 Å². The van der Waals surface area contributed by atoms with Gasteiger partial charge in [-0.15, -0.1) is 0 Å². The van der Waals surface area contributed by atoms with Gasteiger partial charge in [0, 0.05) is 32.2 Å². The van der Waals surface area contributed by atoms with E-state index < -0.39 is 0 Å².